The molecule has 0 aliphatic rings. The molecule has 0 saturated carbocycles. The highest BCUT2D eigenvalue weighted by atomic mass is 32.2. The Morgan fingerprint density at radius 2 is 1.92 bits per heavy atom. The van der Waals surface area contributed by atoms with Gasteiger partial charge >= 0.3 is 0 Å². The normalized spacial score (nSPS) is 10.6. The zero-order chi connectivity index (χ0) is 8.81. The van der Waals surface area contributed by atoms with E-state index in [-0.39, 0.29) is 0 Å². The van der Waals surface area contributed by atoms with Crippen LogP contribution >= 0.6 is 11.9 Å². The average molecular weight is 181 g/mol. The Balaban J connectivity index is 2.25. The molecule has 66 valence electrons. The molecule has 0 aromatic heterocycles. The van der Waals surface area contributed by atoms with Crippen molar-refractivity contribution >= 4 is 11.9 Å². The fourth-order valence-electron chi connectivity index (χ4n) is 0.866. The van der Waals surface area contributed by atoms with Gasteiger partial charge in [0, 0.05) is 11.8 Å². The Morgan fingerprint density at radius 1 is 1.25 bits per heavy atom. The lowest BCUT2D eigenvalue weighted by molar-refractivity contribution is 0.770. The average Bonchev–Trinajstić information content (AvgIpc) is 2.05. The van der Waals surface area contributed by atoms with Gasteiger partial charge in [0.15, 0.2) is 0 Å². The van der Waals surface area contributed by atoms with Crippen molar-refractivity contribution in [3.63, 3.8) is 0 Å². The van der Waals surface area contributed by atoms with Crippen molar-refractivity contribution < 1.29 is 0 Å². The van der Waals surface area contributed by atoms with E-state index in [9.17, 15) is 0 Å². The molecule has 1 nitrogen and oxygen atoms in total. The van der Waals surface area contributed by atoms with Crippen LogP contribution in [-0.2, 0) is 5.75 Å². The van der Waals surface area contributed by atoms with Crippen molar-refractivity contribution in [2.75, 3.05) is 0 Å². The van der Waals surface area contributed by atoms with E-state index in [1.807, 2.05) is 6.07 Å². The van der Waals surface area contributed by atoms with Crippen LogP contribution in [0.3, 0.4) is 0 Å². The lowest BCUT2D eigenvalue weighted by Crippen LogP contribution is -2.14. The quantitative estimate of drug-likeness (QED) is 0.717. The van der Waals surface area contributed by atoms with Crippen LogP contribution in [0.5, 0.6) is 0 Å². The Morgan fingerprint density at radius 3 is 2.50 bits per heavy atom. The fourth-order valence-corrected chi connectivity index (χ4v) is 1.64. The minimum atomic E-state index is 0.554. The third-order valence-electron chi connectivity index (χ3n) is 1.40. The van der Waals surface area contributed by atoms with Gasteiger partial charge in [0.1, 0.15) is 0 Å². The molecule has 0 bridgehead atoms. The number of nitrogens with one attached hydrogen (secondary N) is 1. The van der Waals surface area contributed by atoms with Crippen molar-refractivity contribution in [1.29, 1.82) is 0 Å². The number of rotatable bonds is 4. The van der Waals surface area contributed by atoms with Gasteiger partial charge in [-0.25, -0.2) is 0 Å². The molecule has 1 N–H and O–H groups in total. The smallest absolute Gasteiger partial charge is 0.0330 e. The Labute approximate surface area is 78.7 Å². The topological polar surface area (TPSA) is 12.0 Å². The van der Waals surface area contributed by atoms with Gasteiger partial charge in [0.25, 0.3) is 0 Å². The SMILES string of the molecule is CC(C)NSCc1ccccc1. The van der Waals surface area contributed by atoms with Crippen LogP contribution in [0, 0.1) is 0 Å². The van der Waals surface area contributed by atoms with E-state index in [4.69, 9.17) is 0 Å². The molecule has 0 radical (unpaired) electrons. The van der Waals surface area contributed by atoms with E-state index in [1.54, 1.807) is 11.9 Å². The van der Waals surface area contributed by atoms with E-state index in [0.29, 0.717) is 6.04 Å². The Bertz CT molecular complexity index is 208. The third kappa shape index (κ3) is 3.79. The molecule has 1 rings (SSSR count). The van der Waals surface area contributed by atoms with E-state index < -0.39 is 0 Å². The van der Waals surface area contributed by atoms with Gasteiger partial charge in [0.2, 0.25) is 0 Å². The van der Waals surface area contributed by atoms with Crippen LogP contribution in [-0.4, -0.2) is 6.04 Å². The molecule has 0 amide bonds. The summed E-state index contributed by atoms with van der Waals surface area (Å²) in [4.78, 5) is 0. The maximum absolute atomic E-state index is 3.31. The third-order valence-corrected chi connectivity index (χ3v) is 2.52. The molecule has 0 heterocycles. The van der Waals surface area contributed by atoms with Crippen LogP contribution in [0.1, 0.15) is 19.4 Å². The zero-order valence-corrected chi connectivity index (χ0v) is 8.40. The molecule has 0 saturated heterocycles. The van der Waals surface area contributed by atoms with Crippen LogP contribution in [0.4, 0.5) is 0 Å². The van der Waals surface area contributed by atoms with Crippen LogP contribution in [0.15, 0.2) is 30.3 Å². The summed E-state index contributed by atoms with van der Waals surface area (Å²) >= 11 is 1.76. The molecule has 1 aromatic rings. The van der Waals surface area contributed by atoms with E-state index in [2.05, 4.69) is 42.8 Å². The maximum Gasteiger partial charge on any atom is 0.0330 e. The van der Waals surface area contributed by atoms with Gasteiger partial charge in [-0.1, -0.05) is 42.3 Å². The van der Waals surface area contributed by atoms with E-state index in [0.717, 1.165) is 5.75 Å². The summed E-state index contributed by atoms with van der Waals surface area (Å²) in [5.74, 6) is 1.04. The lowest BCUT2D eigenvalue weighted by atomic mass is 10.2. The van der Waals surface area contributed by atoms with Crippen molar-refractivity contribution in [3.8, 4) is 0 Å². The summed E-state index contributed by atoms with van der Waals surface area (Å²) in [6.07, 6.45) is 0. The highest BCUT2D eigenvalue weighted by Crippen LogP contribution is 2.08. The maximum atomic E-state index is 3.31. The van der Waals surface area contributed by atoms with Gasteiger partial charge in [0.05, 0.1) is 0 Å². The van der Waals surface area contributed by atoms with E-state index in [1.165, 1.54) is 5.56 Å². The van der Waals surface area contributed by atoms with Gasteiger partial charge in [-0.3, -0.25) is 4.72 Å². The summed E-state index contributed by atoms with van der Waals surface area (Å²) in [5, 5.41) is 0. The lowest BCUT2D eigenvalue weighted by Gasteiger charge is -2.06. The van der Waals surface area contributed by atoms with Crippen LogP contribution < -0.4 is 4.72 Å². The molecule has 12 heavy (non-hydrogen) atoms. The molecule has 0 unspecified atom stereocenters. The molecule has 0 spiro atoms. The highest BCUT2D eigenvalue weighted by molar-refractivity contribution is 7.96. The summed E-state index contributed by atoms with van der Waals surface area (Å²) < 4.78 is 3.31. The second-order valence-corrected chi connectivity index (χ2v) is 3.86. The first-order valence-corrected chi connectivity index (χ1v) is 5.19. The fraction of sp³-hybridized carbons (Fsp3) is 0.400. The number of hydrogen-bond acceptors (Lipinski definition) is 2. The summed E-state index contributed by atoms with van der Waals surface area (Å²) in [5.41, 5.74) is 1.37. The van der Waals surface area contributed by atoms with Gasteiger partial charge in [-0.2, -0.15) is 0 Å². The van der Waals surface area contributed by atoms with E-state index >= 15 is 0 Å². The van der Waals surface area contributed by atoms with Crippen LogP contribution in [0.2, 0.25) is 0 Å². The summed E-state index contributed by atoms with van der Waals surface area (Å²) in [6.45, 7) is 4.30. The second-order valence-electron chi connectivity index (χ2n) is 3.05. The van der Waals surface area contributed by atoms with Crippen molar-refractivity contribution in [2.24, 2.45) is 0 Å². The van der Waals surface area contributed by atoms with Crippen LogP contribution in [0.25, 0.3) is 0 Å². The van der Waals surface area contributed by atoms with Gasteiger partial charge in [-0.15, -0.1) is 0 Å². The Hall–Kier alpha value is -0.470. The largest absolute Gasteiger partial charge is 0.261 e. The minimum Gasteiger partial charge on any atom is -0.261 e. The predicted octanol–water partition coefficient (Wildman–Crippen LogP) is 2.83. The molecular formula is C10H15NS. The van der Waals surface area contributed by atoms with Gasteiger partial charge < -0.3 is 0 Å². The first-order valence-electron chi connectivity index (χ1n) is 4.20. The monoisotopic (exact) mass is 181 g/mol. The van der Waals surface area contributed by atoms with Crippen molar-refractivity contribution in [1.82, 2.24) is 4.72 Å². The standard InChI is InChI=1S/C10H15NS/c1-9(2)11-12-8-10-6-4-3-5-7-10/h3-7,9,11H,8H2,1-2H3. The number of benzene rings is 1. The van der Waals surface area contributed by atoms with Gasteiger partial charge in [-0.05, 0) is 19.4 Å². The Kier molecular flexibility index (Phi) is 4.19. The molecule has 0 aliphatic carbocycles. The molecule has 0 aliphatic heterocycles. The molecule has 2 heteroatoms. The van der Waals surface area contributed by atoms with Crippen molar-refractivity contribution in [2.45, 2.75) is 25.6 Å². The minimum absolute atomic E-state index is 0.554. The summed E-state index contributed by atoms with van der Waals surface area (Å²) in [6, 6.07) is 11.0. The number of hydrogen-bond donors (Lipinski definition) is 1. The summed E-state index contributed by atoms with van der Waals surface area (Å²) in [7, 11) is 0. The highest BCUT2D eigenvalue weighted by Gasteiger charge is 1.93. The zero-order valence-electron chi connectivity index (χ0n) is 7.58. The molecule has 0 fully saturated rings. The second kappa shape index (κ2) is 5.22. The molecular weight excluding hydrogens is 166 g/mol. The van der Waals surface area contributed by atoms with Crippen molar-refractivity contribution in [3.05, 3.63) is 35.9 Å². The first kappa shape index (κ1) is 9.62. The predicted molar refractivity (Wildman–Crippen MR) is 56.0 cm³/mol. The molecule has 0 atom stereocenters. The first-order chi connectivity index (χ1) is 5.79. The molecule has 1 aromatic carbocycles.